The zero-order valence-corrected chi connectivity index (χ0v) is 12.6. The fraction of sp³-hybridized carbons (Fsp3) is 0.400. The minimum atomic E-state index is -1.01. The maximum Gasteiger partial charge on any atom is 0.354 e. The number of hydrogen-bond acceptors (Lipinski definition) is 5. The maximum absolute atomic E-state index is 12.3. The van der Waals surface area contributed by atoms with Crippen LogP contribution in [-0.4, -0.2) is 63.2 Å². The standard InChI is InChI=1S/C15H18N4O4/c20-14(12-3-1-8-23-12)19-5-2-4-18(6-7-19)10-11-9-16-17-13(11)15(21)22/h1,3,8-9H,2,4-7,10H2,(H,16,17)(H,21,22). The molecule has 0 aliphatic carbocycles. The summed E-state index contributed by atoms with van der Waals surface area (Å²) in [6.45, 7) is 3.22. The second-order valence-corrected chi connectivity index (χ2v) is 5.47. The summed E-state index contributed by atoms with van der Waals surface area (Å²) in [7, 11) is 0. The average molecular weight is 318 g/mol. The second kappa shape index (κ2) is 6.66. The number of carbonyl (C=O) groups excluding carboxylic acids is 1. The summed E-state index contributed by atoms with van der Waals surface area (Å²) in [6.07, 6.45) is 3.86. The van der Waals surface area contributed by atoms with E-state index in [1.165, 1.54) is 6.26 Å². The summed E-state index contributed by atoms with van der Waals surface area (Å²) in [5.41, 5.74) is 0.779. The number of H-pyrrole nitrogens is 1. The van der Waals surface area contributed by atoms with Crippen molar-refractivity contribution in [1.29, 1.82) is 0 Å². The van der Waals surface area contributed by atoms with Crippen molar-refractivity contribution < 1.29 is 19.1 Å². The molecule has 3 rings (SSSR count). The van der Waals surface area contributed by atoms with Gasteiger partial charge in [0, 0.05) is 38.3 Å². The summed E-state index contributed by atoms with van der Waals surface area (Å²) in [6, 6.07) is 3.36. The van der Waals surface area contributed by atoms with E-state index >= 15 is 0 Å². The second-order valence-electron chi connectivity index (χ2n) is 5.47. The zero-order valence-electron chi connectivity index (χ0n) is 12.6. The fourth-order valence-electron chi connectivity index (χ4n) is 2.75. The van der Waals surface area contributed by atoms with Crippen LogP contribution in [-0.2, 0) is 6.54 Å². The lowest BCUT2D eigenvalue weighted by Gasteiger charge is -2.21. The first-order valence-electron chi connectivity index (χ1n) is 7.46. The summed E-state index contributed by atoms with van der Waals surface area (Å²) in [5, 5.41) is 15.4. The molecule has 2 N–H and O–H groups in total. The molecule has 1 saturated heterocycles. The quantitative estimate of drug-likeness (QED) is 0.873. The Balaban J connectivity index is 1.61. The summed E-state index contributed by atoms with van der Waals surface area (Å²) < 4.78 is 5.16. The van der Waals surface area contributed by atoms with Gasteiger partial charge >= 0.3 is 5.97 Å². The van der Waals surface area contributed by atoms with Crippen molar-refractivity contribution in [2.75, 3.05) is 26.2 Å². The maximum atomic E-state index is 12.3. The third-order valence-electron chi connectivity index (χ3n) is 3.93. The number of carboxylic acid groups (broad SMARTS) is 1. The molecule has 0 spiro atoms. The first-order chi connectivity index (χ1) is 11.1. The fourth-order valence-corrected chi connectivity index (χ4v) is 2.75. The number of furan rings is 1. The SMILES string of the molecule is O=C(O)c1[nH]ncc1CN1CCCN(C(=O)c2ccco2)CC1. The van der Waals surface area contributed by atoms with Crippen LogP contribution in [0.2, 0.25) is 0 Å². The molecule has 3 heterocycles. The third kappa shape index (κ3) is 3.42. The smallest absolute Gasteiger partial charge is 0.354 e. The van der Waals surface area contributed by atoms with Gasteiger partial charge in [0.05, 0.1) is 12.5 Å². The molecule has 0 unspecified atom stereocenters. The number of amides is 1. The van der Waals surface area contributed by atoms with Crippen molar-refractivity contribution in [2.24, 2.45) is 0 Å². The van der Waals surface area contributed by atoms with Crippen LogP contribution < -0.4 is 0 Å². The van der Waals surface area contributed by atoms with Gasteiger partial charge in [-0.05, 0) is 18.6 Å². The van der Waals surface area contributed by atoms with Gasteiger partial charge in [0.25, 0.3) is 5.91 Å². The Kier molecular flexibility index (Phi) is 4.42. The molecule has 122 valence electrons. The molecule has 23 heavy (non-hydrogen) atoms. The highest BCUT2D eigenvalue weighted by atomic mass is 16.4. The third-order valence-corrected chi connectivity index (χ3v) is 3.93. The van der Waals surface area contributed by atoms with Crippen molar-refractivity contribution in [2.45, 2.75) is 13.0 Å². The Labute approximate surface area is 132 Å². The lowest BCUT2D eigenvalue weighted by atomic mass is 10.2. The van der Waals surface area contributed by atoms with Crippen LogP contribution >= 0.6 is 0 Å². The van der Waals surface area contributed by atoms with Crippen molar-refractivity contribution >= 4 is 11.9 Å². The topological polar surface area (TPSA) is 103 Å². The molecule has 1 aliphatic rings. The van der Waals surface area contributed by atoms with Gasteiger partial charge in [-0.15, -0.1) is 0 Å². The van der Waals surface area contributed by atoms with Gasteiger partial charge in [-0.25, -0.2) is 4.79 Å². The van der Waals surface area contributed by atoms with Gasteiger partial charge in [0.1, 0.15) is 5.69 Å². The van der Waals surface area contributed by atoms with Crippen molar-refractivity contribution in [3.05, 3.63) is 41.6 Å². The van der Waals surface area contributed by atoms with Gasteiger partial charge in [-0.3, -0.25) is 14.8 Å². The van der Waals surface area contributed by atoms with Gasteiger partial charge in [0.2, 0.25) is 0 Å². The number of nitrogens with zero attached hydrogens (tertiary/aromatic N) is 3. The van der Waals surface area contributed by atoms with Crippen LogP contribution in [0.25, 0.3) is 0 Å². The molecule has 0 radical (unpaired) electrons. The van der Waals surface area contributed by atoms with Crippen molar-refractivity contribution in [3.63, 3.8) is 0 Å². The molecule has 1 fully saturated rings. The van der Waals surface area contributed by atoms with E-state index in [1.807, 2.05) is 0 Å². The van der Waals surface area contributed by atoms with E-state index in [1.54, 1.807) is 23.2 Å². The van der Waals surface area contributed by atoms with Crippen LogP contribution in [0.15, 0.2) is 29.0 Å². The summed E-state index contributed by atoms with van der Waals surface area (Å²) in [4.78, 5) is 27.3. The van der Waals surface area contributed by atoms with Crippen LogP contribution in [0.3, 0.4) is 0 Å². The van der Waals surface area contributed by atoms with E-state index in [2.05, 4.69) is 15.1 Å². The van der Waals surface area contributed by atoms with E-state index in [-0.39, 0.29) is 11.6 Å². The Morgan fingerprint density at radius 1 is 1.30 bits per heavy atom. The van der Waals surface area contributed by atoms with Crippen LogP contribution in [0.4, 0.5) is 0 Å². The highest BCUT2D eigenvalue weighted by molar-refractivity contribution is 5.91. The molecular weight excluding hydrogens is 300 g/mol. The van der Waals surface area contributed by atoms with Crippen molar-refractivity contribution in [1.82, 2.24) is 20.0 Å². The van der Waals surface area contributed by atoms with E-state index in [9.17, 15) is 9.59 Å². The van der Waals surface area contributed by atoms with E-state index < -0.39 is 5.97 Å². The molecule has 2 aromatic heterocycles. The molecular formula is C15H18N4O4. The van der Waals surface area contributed by atoms with E-state index in [0.29, 0.717) is 37.5 Å². The van der Waals surface area contributed by atoms with Crippen LogP contribution in [0, 0.1) is 0 Å². The van der Waals surface area contributed by atoms with Gasteiger partial charge in [0.15, 0.2) is 5.76 Å². The first kappa shape index (κ1) is 15.3. The predicted octanol–water partition coefficient (Wildman–Crippen LogP) is 1.05. The number of carboxylic acids is 1. The van der Waals surface area contributed by atoms with Crippen molar-refractivity contribution in [3.8, 4) is 0 Å². The summed E-state index contributed by atoms with van der Waals surface area (Å²) in [5.74, 6) is -0.769. The molecule has 0 atom stereocenters. The number of carbonyl (C=O) groups is 2. The largest absolute Gasteiger partial charge is 0.477 e. The Morgan fingerprint density at radius 2 is 2.17 bits per heavy atom. The Bertz CT molecular complexity index is 679. The number of rotatable bonds is 4. The molecule has 8 heteroatoms. The number of aromatic amines is 1. The van der Waals surface area contributed by atoms with Crippen LogP contribution in [0.5, 0.6) is 0 Å². The Morgan fingerprint density at radius 3 is 2.91 bits per heavy atom. The minimum Gasteiger partial charge on any atom is -0.477 e. The molecule has 2 aromatic rings. The van der Waals surface area contributed by atoms with Crippen LogP contribution in [0.1, 0.15) is 33.0 Å². The Hall–Kier alpha value is -2.61. The number of hydrogen-bond donors (Lipinski definition) is 2. The van der Waals surface area contributed by atoms with E-state index in [4.69, 9.17) is 9.52 Å². The number of aromatic nitrogens is 2. The summed E-state index contributed by atoms with van der Waals surface area (Å²) >= 11 is 0. The highest BCUT2D eigenvalue weighted by Crippen LogP contribution is 2.13. The van der Waals surface area contributed by atoms with E-state index in [0.717, 1.165) is 13.0 Å². The number of nitrogens with one attached hydrogen (secondary N) is 1. The van der Waals surface area contributed by atoms with Gasteiger partial charge < -0.3 is 14.4 Å². The lowest BCUT2D eigenvalue weighted by molar-refractivity contribution is 0.0687. The minimum absolute atomic E-state index is 0.105. The monoisotopic (exact) mass is 318 g/mol. The molecule has 0 aromatic carbocycles. The molecule has 1 amide bonds. The number of aromatic carboxylic acids is 1. The molecule has 0 bridgehead atoms. The first-order valence-corrected chi connectivity index (χ1v) is 7.46. The molecule has 0 saturated carbocycles. The van der Waals surface area contributed by atoms with Gasteiger partial charge in [-0.1, -0.05) is 0 Å². The highest BCUT2D eigenvalue weighted by Gasteiger charge is 2.23. The normalized spacial score (nSPS) is 16.3. The molecule has 8 nitrogen and oxygen atoms in total. The lowest BCUT2D eigenvalue weighted by Crippen LogP contribution is -2.35. The van der Waals surface area contributed by atoms with Gasteiger partial charge in [-0.2, -0.15) is 5.10 Å². The average Bonchev–Trinajstić information content (AvgIpc) is 3.16. The predicted molar refractivity (Wildman–Crippen MR) is 80.1 cm³/mol. The zero-order chi connectivity index (χ0) is 16.2. The molecule has 1 aliphatic heterocycles.